The molecule has 0 aliphatic heterocycles. The normalized spacial score (nSPS) is 14.2. The van der Waals surface area contributed by atoms with E-state index in [0.29, 0.717) is 33.2 Å². The van der Waals surface area contributed by atoms with Crippen LogP contribution in [0.5, 0.6) is 0 Å². The molecular formula is C46H28O. The number of fused-ring (bicyclic) bond motifs is 7. The van der Waals surface area contributed by atoms with Crippen LogP contribution in [-0.4, -0.2) is 0 Å². The Morgan fingerprint density at radius 2 is 0.936 bits per heavy atom. The maximum atomic E-state index is 9.40. The molecule has 0 N–H and O–H groups in total. The molecule has 0 spiro atoms. The second kappa shape index (κ2) is 10.2. The minimum atomic E-state index is -0.434. The highest BCUT2D eigenvalue weighted by molar-refractivity contribution is 6.24. The van der Waals surface area contributed by atoms with Gasteiger partial charge in [0.1, 0.15) is 11.2 Å². The van der Waals surface area contributed by atoms with Crippen molar-refractivity contribution in [1.82, 2.24) is 0 Å². The van der Waals surface area contributed by atoms with Gasteiger partial charge in [-0.25, -0.2) is 0 Å². The van der Waals surface area contributed by atoms with Crippen molar-refractivity contribution < 1.29 is 15.4 Å². The summed E-state index contributed by atoms with van der Waals surface area (Å²) < 4.78 is 79.2. The number of furan rings is 1. The van der Waals surface area contributed by atoms with Gasteiger partial charge < -0.3 is 4.42 Å². The molecule has 1 nitrogen and oxygen atoms in total. The third-order valence-electron chi connectivity index (χ3n) is 9.30. The van der Waals surface area contributed by atoms with Crippen molar-refractivity contribution in [2.45, 2.75) is 0 Å². The Hall–Kier alpha value is -6.18. The van der Waals surface area contributed by atoms with Gasteiger partial charge >= 0.3 is 0 Å². The molecule has 0 radical (unpaired) electrons. The minimum Gasteiger partial charge on any atom is -0.456 e. The molecule has 1 aromatic heterocycles. The number of hydrogen-bond donors (Lipinski definition) is 0. The highest BCUT2D eigenvalue weighted by Crippen LogP contribution is 2.46. The third-order valence-corrected chi connectivity index (χ3v) is 9.30. The second-order valence-corrected chi connectivity index (χ2v) is 11.8. The Kier molecular flexibility index (Phi) is 4.19. The molecule has 0 atom stereocenters. The second-order valence-electron chi connectivity index (χ2n) is 11.8. The summed E-state index contributed by atoms with van der Waals surface area (Å²) in [4.78, 5) is 0. The first-order valence-corrected chi connectivity index (χ1v) is 15.5. The van der Waals surface area contributed by atoms with E-state index in [-0.39, 0.29) is 45.7 Å². The van der Waals surface area contributed by atoms with E-state index < -0.39 is 24.2 Å². The predicted molar refractivity (Wildman–Crippen MR) is 200 cm³/mol. The molecule has 9 aromatic carbocycles. The first kappa shape index (κ1) is 19.4. The third kappa shape index (κ3) is 3.97. The maximum Gasteiger partial charge on any atom is 0.136 e. The number of hydrogen-bond acceptors (Lipinski definition) is 1. The molecule has 10 rings (SSSR count). The van der Waals surface area contributed by atoms with Gasteiger partial charge in [-0.05, 0) is 94.7 Å². The first-order chi connectivity index (χ1) is 26.6. The van der Waals surface area contributed by atoms with Gasteiger partial charge in [0.05, 0.1) is 11.0 Å². The van der Waals surface area contributed by atoms with Crippen LogP contribution in [0.25, 0.3) is 98.4 Å². The molecular weight excluding hydrogens is 569 g/mol. The average Bonchev–Trinajstić information content (AvgIpc) is 3.58. The summed E-state index contributed by atoms with van der Waals surface area (Å²) in [5.74, 6) is 0. The fourth-order valence-corrected chi connectivity index (χ4v) is 7.19. The summed E-state index contributed by atoms with van der Waals surface area (Å²) in [5.41, 5.74) is 5.05. The van der Waals surface area contributed by atoms with E-state index >= 15 is 0 Å². The quantitative estimate of drug-likeness (QED) is 0.183. The Morgan fingerprint density at radius 1 is 0.362 bits per heavy atom. The molecule has 0 unspecified atom stereocenters. The molecule has 0 amide bonds. The summed E-state index contributed by atoms with van der Waals surface area (Å²) in [6.07, 6.45) is 0. The molecule has 0 aliphatic carbocycles. The Labute approximate surface area is 283 Å². The first-order valence-electron chi connectivity index (χ1n) is 19.5. The number of para-hydroxylation sites is 1. The van der Waals surface area contributed by atoms with Gasteiger partial charge in [-0.3, -0.25) is 0 Å². The van der Waals surface area contributed by atoms with E-state index in [1.807, 2.05) is 103 Å². The van der Waals surface area contributed by atoms with Crippen molar-refractivity contribution in [3.63, 3.8) is 0 Å². The lowest BCUT2D eigenvalue weighted by molar-refractivity contribution is 0.669. The van der Waals surface area contributed by atoms with Gasteiger partial charge in [0, 0.05) is 10.8 Å². The molecule has 1 heteroatoms. The topological polar surface area (TPSA) is 13.1 Å². The van der Waals surface area contributed by atoms with Gasteiger partial charge in [-0.1, -0.05) is 151 Å². The van der Waals surface area contributed by atoms with E-state index in [0.717, 1.165) is 43.6 Å². The van der Waals surface area contributed by atoms with E-state index in [2.05, 4.69) is 18.2 Å². The van der Waals surface area contributed by atoms with Crippen LogP contribution in [0, 0.1) is 0 Å². The van der Waals surface area contributed by atoms with Gasteiger partial charge in [-0.15, -0.1) is 0 Å². The predicted octanol–water partition coefficient (Wildman–Crippen LogP) is 13.2. The van der Waals surface area contributed by atoms with Gasteiger partial charge in [-0.2, -0.15) is 0 Å². The van der Waals surface area contributed by atoms with Crippen molar-refractivity contribution in [3.8, 4) is 33.4 Å². The summed E-state index contributed by atoms with van der Waals surface area (Å²) in [7, 11) is 0. The molecule has 0 aliphatic rings. The van der Waals surface area contributed by atoms with Crippen LogP contribution < -0.4 is 0 Å². The van der Waals surface area contributed by atoms with E-state index in [9.17, 15) is 5.48 Å². The van der Waals surface area contributed by atoms with Crippen molar-refractivity contribution in [1.29, 1.82) is 0 Å². The fourth-order valence-electron chi connectivity index (χ4n) is 7.19. The molecule has 0 bridgehead atoms. The van der Waals surface area contributed by atoms with Crippen LogP contribution in [0.2, 0.25) is 0 Å². The van der Waals surface area contributed by atoms with Gasteiger partial charge in [0.15, 0.2) is 0 Å². The molecule has 0 saturated carbocycles. The summed E-state index contributed by atoms with van der Waals surface area (Å²) in [5, 5.41) is 6.31. The van der Waals surface area contributed by atoms with Crippen LogP contribution in [0.1, 0.15) is 11.0 Å². The van der Waals surface area contributed by atoms with E-state index in [1.54, 1.807) is 0 Å². The van der Waals surface area contributed by atoms with Gasteiger partial charge in [0.25, 0.3) is 0 Å². The summed E-state index contributed by atoms with van der Waals surface area (Å²) in [6.45, 7) is 0. The van der Waals surface area contributed by atoms with Gasteiger partial charge in [0.2, 0.25) is 0 Å². The smallest absolute Gasteiger partial charge is 0.136 e. The zero-order chi connectivity index (χ0) is 37.9. The summed E-state index contributed by atoms with van der Waals surface area (Å²) >= 11 is 0. The Bertz CT molecular complexity index is 3210. The monoisotopic (exact) mass is 604 g/mol. The number of benzene rings is 9. The highest BCUT2D eigenvalue weighted by Gasteiger charge is 2.19. The van der Waals surface area contributed by atoms with Crippen LogP contribution in [0.4, 0.5) is 0 Å². The molecule has 0 saturated heterocycles. The Morgan fingerprint density at radius 3 is 1.68 bits per heavy atom. The van der Waals surface area contributed by atoms with Crippen molar-refractivity contribution in [3.05, 3.63) is 170 Å². The van der Waals surface area contributed by atoms with Crippen molar-refractivity contribution >= 4 is 65.0 Å². The van der Waals surface area contributed by atoms with Crippen molar-refractivity contribution in [2.75, 3.05) is 0 Å². The standard InChI is InChI=1S/C46H28O/c1-2-14-33-29(11-1)12-9-20-34(33)30-23-25-31(26-24-30)45-36-16-3-5-18-38(36)46(39-19-6-4-17-37(39)45)40-21-10-13-32-27-42-35-15-7-8-22-43(35)47-44(42)28-41(32)40/h1-28H/i3D,4D,5D,6D,16D,17D,18D,19D. The molecule has 0 fully saturated rings. The molecule has 10 aromatic rings. The highest BCUT2D eigenvalue weighted by atomic mass is 16.3. The lowest BCUT2D eigenvalue weighted by Gasteiger charge is -2.19. The molecule has 1 heterocycles. The Balaban J connectivity index is 1.36. The van der Waals surface area contributed by atoms with Crippen LogP contribution in [0.15, 0.2) is 174 Å². The SMILES string of the molecule is [2H]c1c([2H])c([2H])c2c(-c3cccc4cc5c(cc34)oc3ccccc35)c3c([2H])c([2H])c([2H])c([2H])c3c(-c3ccc(-c4cccc5ccccc45)cc3)c2c1[2H]. The fraction of sp³-hybridized carbons (Fsp3) is 0. The van der Waals surface area contributed by atoms with Crippen LogP contribution in [0.3, 0.4) is 0 Å². The largest absolute Gasteiger partial charge is 0.456 e. The lowest BCUT2D eigenvalue weighted by atomic mass is 9.84. The zero-order valence-corrected chi connectivity index (χ0v) is 25.0. The zero-order valence-electron chi connectivity index (χ0n) is 33.0. The summed E-state index contributed by atoms with van der Waals surface area (Å²) in [6, 6.07) is 36.3. The number of rotatable bonds is 3. The average molecular weight is 605 g/mol. The minimum absolute atomic E-state index is 0.175. The maximum absolute atomic E-state index is 9.40. The van der Waals surface area contributed by atoms with Crippen LogP contribution in [-0.2, 0) is 0 Å². The van der Waals surface area contributed by atoms with E-state index in [4.69, 9.17) is 9.90 Å². The van der Waals surface area contributed by atoms with Crippen molar-refractivity contribution in [2.24, 2.45) is 0 Å². The molecule has 47 heavy (non-hydrogen) atoms. The lowest BCUT2D eigenvalue weighted by Crippen LogP contribution is -1.92. The van der Waals surface area contributed by atoms with E-state index in [1.165, 1.54) is 0 Å². The van der Waals surface area contributed by atoms with Crippen LogP contribution >= 0.6 is 0 Å². The molecule has 218 valence electrons.